The van der Waals surface area contributed by atoms with Gasteiger partial charge >= 0.3 is 5.97 Å². The normalized spacial score (nSPS) is 24.1. The minimum absolute atomic E-state index is 0.219. The van der Waals surface area contributed by atoms with E-state index in [0.717, 1.165) is 42.8 Å². The van der Waals surface area contributed by atoms with E-state index in [-0.39, 0.29) is 6.10 Å². The molecule has 2 aliphatic rings. The highest BCUT2D eigenvalue weighted by molar-refractivity contribution is 7.99. The van der Waals surface area contributed by atoms with E-state index in [1.54, 1.807) is 6.07 Å². The highest BCUT2D eigenvalue weighted by atomic mass is 35.5. The van der Waals surface area contributed by atoms with E-state index in [2.05, 4.69) is 0 Å². The molecule has 5 heteroatoms. The van der Waals surface area contributed by atoms with E-state index in [1.165, 1.54) is 0 Å². The molecule has 1 atom stereocenters. The summed E-state index contributed by atoms with van der Waals surface area (Å²) in [7, 11) is 0. The molecule has 1 aromatic carbocycles. The van der Waals surface area contributed by atoms with Crippen LogP contribution in [0.1, 0.15) is 44.1 Å². The molecule has 0 bridgehead atoms. The Bertz CT molecular complexity index is 549. The number of ether oxygens (including phenoxy) is 1. The molecule has 120 valence electrons. The van der Waals surface area contributed by atoms with Crippen molar-refractivity contribution in [2.75, 3.05) is 11.5 Å². The maximum Gasteiger partial charge on any atom is 0.314 e. The Hall–Kier alpha value is -0.870. The average Bonchev–Trinajstić information content (AvgIpc) is 3.03. The molecule has 0 amide bonds. The summed E-state index contributed by atoms with van der Waals surface area (Å²) in [6.07, 6.45) is 5.68. The molecule has 0 spiro atoms. The van der Waals surface area contributed by atoms with E-state index in [9.17, 15) is 9.90 Å². The van der Waals surface area contributed by atoms with Crippen LogP contribution >= 0.6 is 23.4 Å². The van der Waals surface area contributed by atoms with Crippen molar-refractivity contribution in [3.63, 3.8) is 0 Å². The minimum Gasteiger partial charge on any atom is -0.488 e. The molecule has 3 nitrogen and oxygen atoms in total. The summed E-state index contributed by atoms with van der Waals surface area (Å²) in [5.41, 5.74) is 0.0433. The van der Waals surface area contributed by atoms with Gasteiger partial charge in [-0.05, 0) is 42.7 Å². The van der Waals surface area contributed by atoms with Gasteiger partial charge in [-0.25, -0.2) is 0 Å². The van der Waals surface area contributed by atoms with Crippen LogP contribution in [0.4, 0.5) is 0 Å². The van der Waals surface area contributed by atoms with Crippen molar-refractivity contribution in [1.29, 1.82) is 0 Å². The lowest BCUT2D eigenvalue weighted by molar-refractivity contribution is -0.145. The zero-order valence-electron chi connectivity index (χ0n) is 12.5. The Morgan fingerprint density at radius 2 is 2.09 bits per heavy atom. The number of aliphatic carboxylic acids is 1. The van der Waals surface area contributed by atoms with E-state index >= 15 is 0 Å². The fraction of sp³-hybridized carbons (Fsp3) is 0.588. The van der Waals surface area contributed by atoms with Crippen molar-refractivity contribution in [1.82, 2.24) is 0 Å². The molecule has 1 aromatic rings. The van der Waals surface area contributed by atoms with Crippen molar-refractivity contribution in [3.05, 3.63) is 28.8 Å². The lowest BCUT2D eigenvalue weighted by Crippen LogP contribution is -2.37. The first-order valence-electron chi connectivity index (χ1n) is 7.90. The Balaban J connectivity index is 1.84. The lowest BCUT2D eigenvalue weighted by atomic mass is 9.69. The van der Waals surface area contributed by atoms with Crippen LogP contribution in [0.25, 0.3) is 0 Å². The molecule has 22 heavy (non-hydrogen) atoms. The van der Waals surface area contributed by atoms with Crippen LogP contribution in [0.2, 0.25) is 5.02 Å². The van der Waals surface area contributed by atoms with Gasteiger partial charge in [0, 0.05) is 5.75 Å². The topological polar surface area (TPSA) is 46.5 Å². The van der Waals surface area contributed by atoms with Gasteiger partial charge in [-0.2, -0.15) is 11.8 Å². The first-order chi connectivity index (χ1) is 10.6. The van der Waals surface area contributed by atoms with E-state index < -0.39 is 11.4 Å². The van der Waals surface area contributed by atoms with Crippen molar-refractivity contribution >= 4 is 29.3 Å². The van der Waals surface area contributed by atoms with Crippen LogP contribution in [-0.4, -0.2) is 28.7 Å². The minimum atomic E-state index is -0.774. The van der Waals surface area contributed by atoms with Gasteiger partial charge in [-0.3, -0.25) is 4.79 Å². The van der Waals surface area contributed by atoms with Gasteiger partial charge in [0.15, 0.2) is 0 Å². The van der Waals surface area contributed by atoms with Crippen molar-refractivity contribution in [2.24, 2.45) is 0 Å². The van der Waals surface area contributed by atoms with Gasteiger partial charge in [0.25, 0.3) is 0 Å². The third-order valence-corrected chi connectivity index (χ3v) is 6.21. The number of carboxylic acid groups (broad SMARTS) is 1. The second-order valence-corrected chi connectivity index (χ2v) is 7.75. The Labute approximate surface area is 140 Å². The molecular weight excluding hydrogens is 320 g/mol. The molecule has 0 aromatic heterocycles. The molecule has 0 radical (unpaired) electrons. The summed E-state index contributed by atoms with van der Waals surface area (Å²) < 4.78 is 5.94. The van der Waals surface area contributed by atoms with Crippen LogP contribution in [0.15, 0.2) is 18.2 Å². The molecule has 1 aliphatic heterocycles. The Morgan fingerprint density at radius 3 is 2.68 bits per heavy atom. The van der Waals surface area contributed by atoms with Gasteiger partial charge in [-0.15, -0.1) is 0 Å². The van der Waals surface area contributed by atoms with Crippen LogP contribution in [0.5, 0.6) is 5.75 Å². The van der Waals surface area contributed by atoms with Gasteiger partial charge in [0.1, 0.15) is 11.9 Å². The second kappa shape index (κ2) is 6.71. The van der Waals surface area contributed by atoms with Crippen LogP contribution in [0, 0.1) is 0 Å². The average molecular weight is 341 g/mol. The smallest absolute Gasteiger partial charge is 0.314 e. The fourth-order valence-corrected chi connectivity index (χ4v) is 4.78. The standard InChI is InChI=1S/C17H21ClO3S/c18-14-10-12(17(16(19)20)7-2-1-3-8-17)4-5-15(14)21-13-6-9-22-11-13/h4-5,10,13H,1-3,6-9,11H2,(H,19,20). The predicted molar refractivity (Wildman–Crippen MR) is 90.2 cm³/mol. The van der Waals surface area contributed by atoms with Gasteiger partial charge in [0.05, 0.1) is 10.4 Å². The number of carboxylic acids is 1. The van der Waals surface area contributed by atoms with Gasteiger partial charge < -0.3 is 9.84 Å². The summed E-state index contributed by atoms with van der Waals surface area (Å²) in [5.74, 6) is 2.07. The maximum absolute atomic E-state index is 11.9. The first-order valence-corrected chi connectivity index (χ1v) is 9.43. The maximum atomic E-state index is 11.9. The zero-order chi connectivity index (χ0) is 15.6. The Morgan fingerprint density at radius 1 is 1.32 bits per heavy atom. The van der Waals surface area contributed by atoms with Crippen LogP contribution in [0.3, 0.4) is 0 Å². The van der Waals surface area contributed by atoms with Crippen molar-refractivity contribution in [3.8, 4) is 5.75 Å². The third-order valence-electron chi connectivity index (χ3n) is 4.78. The zero-order valence-corrected chi connectivity index (χ0v) is 14.1. The van der Waals surface area contributed by atoms with E-state index in [1.807, 2.05) is 23.9 Å². The summed E-state index contributed by atoms with van der Waals surface area (Å²) in [4.78, 5) is 11.9. The first kappa shape index (κ1) is 16.0. The number of benzene rings is 1. The molecule has 3 rings (SSSR count). The highest BCUT2D eigenvalue weighted by Crippen LogP contribution is 2.42. The predicted octanol–water partition coefficient (Wildman–Crippen LogP) is 4.51. The molecule has 1 saturated carbocycles. The molecule has 1 unspecified atom stereocenters. The lowest BCUT2D eigenvalue weighted by Gasteiger charge is -2.34. The van der Waals surface area contributed by atoms with Crippen molar-refractivity contribution < 1.29 is 14.6 Å². The summed E-state index contributed by atoms with van der Waals surface area (Å²) in [5, 5.41) is 10.3. The van der Waals surface area contributed by atoms with Gasteiger partial charge in [0.2, 0.25) is 0 Å². The van der Waals surface area contributed by atoms with Crippen LogP contribution < -0.4 is 4.74 Å². The molecule has 1 saturated heterocycles. The number of carbonyl (C=O) groups is 1. The molecular formula is C17H21ClO3S. The largest absolute Gasteiger partial charge is 0.488 e. The molecule has 1 aliphatic carbocycles. The molecule has 1 N–H and O–H groups in total. The summed E-state index contributed by atoms with van der Waals surface area (Å²) >= 11 is 8.26. The summed E-state index contributed by atoms with van der Waals surface area (Å²) in [6, 6.07) is 5.54. The third kappa shape index (κ3) is 3.09. The fourth-order valence-electron chi connectivity index (χ4n) is 3.46. The Kier molecular flexibility index (Phi) is 4.88. The second-order valence-electron chi connectivity index (χ2n) is 6.20. The summed E-state index contributed by atoms with van der Waals surface area (Å²) in [6.45, 7) is 0. The SMILES string of the molecule is O=C(O)C1(c2ccc(OC3CCSC3)c(Cl)c2)CCCCC1. The highest BCUT2D eigenvalue weighted by Gasteiger charge is 2.41. The van der Waals surface area contributed by atoms with Crippen LogP contribution in [-0.2, 0) is 10.2 Å². The number of rotatable bonds is 4. The number of hydrogen-bond acceptors (Lipinski definition) is 3. The molecule has 1 heterocycles. The van der Waals surface area contributed by atoms with E-state index in [0.29, 0.717) is 23.6 Å². The number of halogens is 1. The molecule has 2 fully saturated rings. The van der Waals surface area contributed by atoms with E-state index in [4.69, 9.17) is 16.3 Å². The number of thioether (sulfide) groups is 1. The van der Waals surface area contributed by atoms with Crippen molar-refractivity contribution in [2.45, 2.75) is 50.0 Å². The monoisotopic (exact) mass is 340 g/mol. The van der Waals surface area contributed by atoms with Gasteiger partial charge in [-0.1, -0.05) is 36.9 Å². The number of hydrogen-bond donors (Lipinski definition) is 1. The quantitative estimate of drug-likeness (QED) is 0.875.